The summed E-state index contributed by atoms with van der Waals surface area (Å²) in [6.45, 7) is 3.76. The zero-order valence-electron chi connectivity index (χ0n) is 11.1. The van der Waals surface area contributed by atoms with Crippen LogP contribution in [0.5, 0.6) is 0 Å². The normalized spacial score (nSPS) is 16.6. The van der Waals surface area contributed by atoms with E-state index in [-0.39, 0.29) is 11.0 Å². The first-order valence-corrected chi connectivity index (χ1v) is 7.13. The molecule has 0 aliphatic heterocycles. The summed E-state index contributed by atoms with van der Waals surface area (Å²) in [4.78, 5) is 14.1. The van der Waals surface area contributed by atoms with Gasteiger partial charge >= 0.3 is 0 Å². The van der Waals surface area contributed by atoms with E-state index in [9.17, 15) is 4.79 Å². The summed E-state index contributed by atoms with van der Waals surface area (Å²) < 4.78 is 1.58. The molecular formula is C13H21N3OS. The van der Waals surface area contributed by atoms with Crippen molar-refractivity contribution in [2.45, 2.75) is 32.7 Å². The number of aromatic nitrogens is 2. The molecule has 0 bridgehead atoms. The molecule has 0 unspecified atom stereocenters. The maximum atomic E-state index is 12.0. The molecular weight excluding hydrogens is 246 g/mol. The van der Waals surface area contributed by atoms with Crippen LogP contribution in [0.2, 0.25) is 0 Å². The van der Waals surface area contributed by atoms with Crippen LogP contribution in [0.15, 0.2) is 17.1 Å². The van der Waals surface area contributed by atoms with Gasteiger partial charge in [-0.1, -0.05) is 6.92 Å². The van der Waals surface area contributed by atoms with E-state index in [0.29, 0.717) is 6.54 Å². The summed E-state index contributed by atoms with van der Waals surface area (Å²) in [6.07, 6.45) is 5.15. The topological polar surface area (TPSA) is 38.1 Å². The Morgan fingerprint density at radius 3 is 2.78 bits per heavy atom. The van der Waals surface area contributed by atoms with Crippen molar-refractivity contribution in [3.63, 3.8) is 0 Å². The number of nitrogens with zero attached hydrogens (tertiary/aromatic N) is 3. The van der Waals surface area contributed by atoms with Gasteiger partial charge in [0.15, 0.2) is 0 Å². The van der Waals surface area contributed by atoms with E-state index in [0.717, 1.165) is 37.2 Å². The molecule has 0 amide bonds. The molecule has 0 saturated heterocycles. The van der Waals surface area contributed by atoms with E-state index >= 15 is 0 Å². The van der Waals surface area contributed by atoms with E-state index in [4.69, 9.17) is 0 Å². The van der Waals surface area contributed by atoms with Gasteiger partial charge in [-0.3, -0.25) is 4.79 Å². The van der Waals surface area contributed by atoms with Crippen molar-refractivity contribution in [3.8, 4) is 0 Å². The lowest BCUT2D eigenvalue weighted by molar-refractivity contribution is 0.424. The van der Waals surface area contributed by atoms with Gasteiger partial charge in [0.25, 0.3) is 5.56 Å². The third-order valence-electron chi connectivity index (χ3n) is 3.63. The SMILES string of the molecule is CCCN(C)c1cnn(CC2(CS)CC2)c(=O)c1. The molecule has 1 aliphatic rings. The molecule has 5 heteroatoms. The molecule has 1 heterocycles. The predicted molar refractivity (Wildman–Crippen MR) is 77.6 cm³/mol. The zero-order valence-corrected chi connectivity index (χ0v) is 12.0. The lowest BCUT2D eigenvalue weighted by Gasteiger charge is -2.19. The van der Waals surface area contributed by atoms with Crippen molar-refractivity contribution in [2.75, 3.05) is 24.2 Å². The Hall–Kier alpha value is -0.970. The molecule has 1 aliphatic carbocycles. The number of thiol groups is 1. The van der Waals surface area contributed by atoms with E-state index < -0.39 is 0 Å². The van der Waals surface area contributed by atoms with Crippen molar-refractivity contribution in [1.29, 1.82) is 0 Å². The number of hydrogen-bond acceptors (Lipinski definition) is 4. The van der Waals surface area contributed by atoms with Crippen LogP contribution in [0.4, 0.5) is 5.69 Å². The lowest BCUT2D eigenvalue weighted by Crippen LogP contribution is -2.29. The van der Waals surface area contributed by atoms with Gasteiger partial charge in [0.2, 0.25) is 0 Å². The minimum absolute atomic E-state index is 0.0106. The van der Waals surface area contributed by atoms with Gasteiger partial charge in [-0.05, 0) is 30.4 Å². The molecule has 100 valence electrons. The smallest absolute Gasteiger partial charge is 0.268 e. The average molecular weight is 267 g/mol. The Bertz CT molecular complexity index is 468. The van der Waals surface area contributed by atoms with Crippen LogP contribution in [-0.4, -0.2) is 29.1 Å². The second kappa shape index (κ2) is 5.34. The molecule has 1 aromatic heterocycles. The summed E-state index contributed by atoms with van der Waals surface area (Å²) in [5, 5.41) is 4.28. The van der Waals surface area contributed by atoms with Crippen LogP contribution in [-0.2, 0) is 6.54 Å². The summed E-state index contributed by atoms with van der Waals surface area (Å²) in [7, 11) is 1.99. The number of rotatable bonds is 6. The monoisotopic (exact) mass is 267 g/mol. The van der Waals surface area contributed by atoms with Crippen LogP contribution < -0.4 is 10.5 Å². The highest BCUT2D eigenvalue weighted by Crippen LogP contribution is 2.47. The zero-order chi connectivity index (χ0) is 13.2. The van der Waals surface area contributed by atoms with Gasteiger partial charge in [-0.25, -0.2) is 4.68 Å². The molecule has 2 rings (SSSR count). The van der Waals surface area contributed by atoms with Gasteiger partial charge in [0.1, 0.15) is 0 Å². The predicted octanol–water partition coefficient (Wildman–Crippen LogP) is 1.80. The van der Waals surface area contributed by atoms with Crippen molar-refractivity contribution in [1.82, 2.24) is 9.78 Å². The van der Waals surface area contributed by atoms with Crippen molar-refractivity contribution < 1.29 is 0 Å². The Morgan fingerprint density at radius 2 is 2.28 bits per heavy atom. The first-order chi connectivity index (χ1) is 8.60. The molecule has 0 radical (unpaired) electrons. The van der Waals surface area contributed by atoms with Crippen molar-refractivity contribution >= 4 is 18.3 Å². The standard InChI is InChI=1S/C13H21N3OS/c1-3-6-15(2)11-7-12(17)16(14-8-11)9-13(10-18)4-5-13/h7-8,18H,3-6,9-10H2,1-2H3. The minimum Gasteiger partial charge on any atom is -0.373 e. The van der Waals surface area contributed by atoms with E-state index in [1.165, 1.54) is 0 Å². The third-order valence-corrected chi connectivity index (χ3v) is 4.30. The molecule has 0 N–H and O–H groups in total. The molecule has 1 aromatic rings. The second-order valence-corrected chi connectivity index (χ2v) is 5.61. The summed E-state index contributed by atoms with van der Waals surface area (Å²) in [6, 6.07) is 1.68. The highest BCUT2D eigenvalue weighted by Gasteiger charge is 2.42. The van der Waals surface area contributed by atoms with Crippen LogP contribution in [0.3, 0.4) is 0 Å². The average Bonchev–Trinajstić information content (AvgIpc) is 3.12. The van der Waals surface area contributed by atoms with Gasteiger partial charge < -0.3 is 4.90 Å². The van der Waals surface area contributed by atoms with Crippen LogP contribution in [0.25, 0.3) is 0 Å². The van der Waals surface area contributed by atoms with Crippen molar-refractivity contribution in [2.24, 2.45) is 5.41 Å². The third kappa shape index (κ3) is 2.88. The molecule has 4 nitrogen and oxygen atoms in total. The molecule has 0 aromatic carbocycles. The Labute approximate surface area is 113 Å². The fraction of sp³-hybridized carbons (Fsp3) is 0.692. The Balaban J connectivity index is 2.13. The van der Waals surface area contributed by atoms with E-state index in [1.54, 1.807) is 16.9 Å². The van der Waals surface area contributed by atoms with Crippen LogP contribution in [0.1, 0.15) is 26.2 Å². The maximum absolute atomic E-state index is 12.0. The Morgan fingerprint density at radius 1 is 1.56 bits per heavy atom. The molecule has 1 saturated carbocycles. The molecule has 1 fully saturated rings. The largest absolute Gasteiger partial charge is 0.373 e. The van der Waals surface area contributed by atoms with Gasteiger partial charge in [0.05, 0.1) is 18.4 Å². The van der Waals surface area contributed by atoms with Crippen molar-refractivity contribution in [3.05, 3.63) is 22.6 Å². The van der Waals surface area contributed by atoms with Crippen LogP contribution in [0, 0.1) is 5.41 Å². The highest BCUT2D eigenvalue weighted by atomic mass is 32.1. The fourth-order valence-corrected chi connectivity index (χ4v) is 2.49. The summed E-state index contributed by atoms with van der Waals surface area (Å²) >= 11 is 4.36. The molecule has 0 spiro atoms. The maximum Gasteiger partial charge on any atom is 0.268 e. The van der Waals surface area contributed by atoms with E-state index in [2.05, 4.69) is 29.6 Å². The minimum atomic E-state index is -0.0106. The fourth-order valence-electron chi connectivity index (χ4n) is 2.08. The summed E-state index contributed by atoms with van der Waals surface area (Å²) in [5.74, 6) is 0.832. The number of anilines is 1. The number of hydrogen-bond donors (Lipinski definition) is 1. The quantitative estimate of drug-likeness (QED) is 0.799. The molecule has 0 atom stereocenters. The lowest BCUT2D eigenvalue weighted by atomic mass is 10.1. The van der Waals surface area contributed by atoms with Crippen LogP contribution >= 0.6 is 12.6 Å². The van der Waals surface area contributed by atoms with Gasteiger partial charge in [-0.15, -0.1) is 0 Å². The van der Waals surface area contributed by atoms with Gasteiger partial charge in [-0.2, -0.15) is 17.7 Å². The first kappa shape index (κ1) is 13.5. The second-order valence-electron chi connectivity index (χ2n) is 5.29. The Kier molecular flexibility index (Phi) is 4.00. The van der Waals surface area contributed by atoms with E-state index in [1.807, 2.05) is 7.05 Å². The molecule has 18 heavy (non-hydrogen) atoms. The highest BCUT2D eigenvalue weighted by molar-refractivity contribution is 7.80. The first-order valence-electron chi connectivity index (χ1n) is 6.49. The van der Waals surface area contributed by atoms with Gasteiger partial charge in [0, 0.05) is 19.7 Å². The summed E-state index contributed by atoms with van der Waals surface area (Å²) in [5.41, 5.74) is 1.11.